The van der Waals surface area contributed by atoms with Crippen molar-refractivity contribution in [1.29, 1.82) is 0 Å². The maximum absolute atomic E-state index is 12.7. The minimum Gasteiger partial charge on any atom is -0.476 e. The summed E-state index contributed by atoms with van der Waals surface area (Å²) in [6.07, 6.45) is 2.11. The van der Waals surface area contributed by atoms with Gasteiger partial charge in [0, 0.05) is 12.7 Å². The second kappa shape index (κ2) is 5.95. The van der Waals surface area contributed by atoms with Gasteiger partial charge >= 0.3 is 5.97 Å². The third kappa shape index (κ3) is 3.51. The molecule has 0 aliphatic heterocycles. The summed E-state index contributed by atoms with van der Waals surface area (Å²) in [6, 6.07) is 9.56. The topological polar surface area (TPSA) is 62.2 Å². The Morgan fingerprint density at radius 2 is 2.00 bits per heavy atom. The fraction of sp³-hybridized carbons (Fsp3) is 0.143. The predicted octanol–water partition coefficient (Wildman–Crippen LogP) is 2.57. The van der Waals surface area contributed by atoms with Crippen LogP contribution >= 0.6 is 0 Å². The maximum atomic E-state index is 12.7. The van der Waals surface area contributed by atoms with Crippen LogP contribution in [0.2, 0.25) is 0 Å². The van der Waals surface area contributed by atoms with Gasteiger partial charge in [-0.05, 0) is 36.2 Å². The number of aromatic nitrogens is 1. The zero-order chi connectivity index (χ0) is 13.7. The van der Waals surface area contributed by atoms with Gasteiger partial charge in [0.2, 0.25) is 0 Å². The summed E-state index contributed by atoms with van der Waals surface area (Å²) in [5.74, 6) is -1.33. The van der Waals surface area contributed by atoms with E-state index in [-0.39, 0.29) is 11.5 Å². The van der Waals surface area contributed by atoms with E-state index in [4.69, 9.17) is 5.11 Å². The molecule has 2 rings (SSSR count). The van der Waals surface area contributed by atoms with Crippen molar-refractivity contribution in [3.8, 4) is 0 Å². The van der Waals surface area contributed by atoms with E-state index >= 15 is 0 Å². The van der Waals surface area contributed by atoms with Crippen LogP contribution in [0.1, 0.15) is 16.1 Å². The lowest BCUT2D eigenvalue weighted by Crippen LogP contribution is -2.10. The summed E-state index contributed by atoms with van der Waals surface area (Å²) in [7, 11) is 0. The maximum Gasteiger partial charge on any atom is 0.356 e. The number of halogens is 1. The highest BCUT2D eigenvalue weighted by Gasteiger charge is 2.09. The zero-order valence-corrected chi connectivity index (χ0v) is 10.1. The zero-order valence-electron chi connectivity index (χ0n) is 10.1. The van der Waals surface area contributed by atoms with Gasteiger partial charge in [0.25, 0.3) is 0 Å². The largest absolute Gasteiger partial charge is 0.476 e. The van der Waals surface area contributed by atoms with Crippen molar-refractivity contribution in [2.24, 2.45) is 0 Å². The normalized spacial score (nSPS) is 10.2. The summed E-state index contributed by atoms with van der Waals surface area (Å²) in [5.41, 5.74) is 1.47. The number of hydrogen-bond donors (Lipinski definition) is 2. The molecule has 19 heavy (non-hydrogen) atoms. The summed E-state index contributed by atoms with van der Waals surface area (Å²) in [5, 5.41) is 12.0. The number of hydrogen-bond acceptors (Lipinski definition) is 3. The van der Waals surface area contributed by atoms with E-state index in [2.05, 4.69) is 10.3 Å². The second-order valence-electron chi connectivity index (χ2n) is 4.01. The molecule has 0 atom stereocenters. The molecule has 0 aliphatic carbocycles. The van der Waals surface area contributed by atoms with E-state index in [0.29, 0.717) is 18.7 Å². The van der Waals surface area contributed by atoms with Crippen LogP contribution in [0.3, 0.4) is 0 Å². The lowest BCUT2D eigenvalue weighted by molar-refractivity contribution is 0.0691. The molecule has 0 amide bonds. The molecular weight excluding hydrogens is 247 g/mol. The average molecular weight is 260 g/mol. The van der Waals surface area contributed by atoms with Gasteiger partial charge in [-0.2, -0.15) is 0 Å². The molecule has 1 aromatic carbocycles. The number of anilines is 1. The molecule has 0 aliphatic rings. The van der Waals surface area contributed by atoms with E-state index in [0.717, 1.165) is 5.56 Å². The third-order valence-corrected chi connectivity index (χ3v) is 2.65. The number of benzene rings is 1. The van der Waals surface area contributed by atoms with Crippen molar-refractivity contribution in [2.75, 3.05) is 11.9 Å². The molecule has 0 fully saturated rings. The van der Waals surface area contributed by atoms with Crippen LogP contribution in [-0.2, 0) is 6.42 Å². The fourth-order valence-electron chi connectivity index (χ4n) is 1.71. The summed E-state index contributed by atoms with van der Waals surface area (Å²) in [4.78, 5) is 14.8. The standard InChI is InChI=1S/C14H13FN2O2/c15-11-5-3-10(4-6-11)7-9-16-12-2-1-8-17-13(12)14(18)19/h1-6,8,16H,7,9H2,(H,18,19). The Morgan fingerprint density at radius 3 is 2.68 bits per heavy atom. The van der Waals surface area contributed by atoms with Gasteiger partial charge in [0.15, 0.2) is 5.69 Å². The first-order valence-corrected chi connectivity index (χ1v) is 5.83. The molecule has 98 valence electrons. The summed E-state index contributed by atoms with van der Waals surface area (Å²) in [6.45, 7) is 0.553. The first kappa shape index (κ1) is 13.0. The molecule has 1 aromatic heterocycles. The van der Waals surface area contributed by atoms with Crippen LogP contribution in [0.15, 0.2) is 42.6 Å². The molecule has 2 aromatic rings. The highest BCUT2D eigenvalue weighted by molar-refractivity contribution is 5.91. The molecule has 0 radical (unpaired) electrons. The molecule has 0 unspecified atom stereocenters. The lowest BCUT2D eigenvalue weighted by atomic mass is 10.1. The Kier molecular flexibility index (Phi) is 4.07. The number of carboxylic acid groups (broad SMARTS) is 1. The molecule has 4 nitrogen and oxygen atoms in total. The average Bonchev–Trinajstić information content (AvgIpc) is 2.41. The van der Waals surface area contributed by atoms with E-state index in [1.807, 2.05) is 0 Å². The van der Waals surface area contributed by atoms with Crippen molar-refractivity contribution in [3.63, 3.8) is 0 Å². The molecule has 1 heterocycles. The monoisotopic (exact) mass is 260 g/mol. The number of carboxylic acids is 1. The van der Waals surface area contributed by atoms with Crippen LogP contribution in [0.25, 0.3) is 0 Å². The second-order valence-corrected chi connectivity index (χ2v) is 4.01. The summed E-state index contributed by atoms with van der Waals surface area (Å²) < 4.78 is 12.7. The van der Waals surface area contributed by atoms with Gasteiger partial charge in [-0.15, -0.1) is 0 Å². The number of nitrogens with one attached hydrogen (secondary N) is 1. The van der Waals surface area contributed by atoms with Crippen LogP contribution in [-0.4, -0.2) is 22.6 Å². The minimum absolute atomic E-state index is 0.00149. The quantitative estimate of drug-likeness (QED) is 0.867. The molecule has 0 saturated heterocycles. The smallest absolute Gasteiger partial charge is 0.356 e. The van der Waals surface area contributed by atoms with E-state index in [1.165, 1.54) is 18.3 Å². The van der Waals surface area contributed by atoms with E-state index < -0.39 is 5.97 Å². The van der Waals surface area contributed by atoms with Gasteiger partial charge in [-0.3, -0.25) is 0 Å². The highest BCUT2D eigenvalue weighted by atomic mass is 19.1. The van der Waals surface area contributed by atoms with Crippen molar-refractivity contribution < 1.29 is 14.3 Å². The molecule has 5 heteroatoms. The summed E-state index contributed by atoms with van der Waals surface area (Å²) >= 11 is 0. The van der Waals surface area contributed by atoms with Gasteiger partial charge in [0.05, 0.1) is 5.69 Å². The minimum atomic E-state index is -1.06. The van der Waals surface area contributed by atoms with Crippen LogP contribution in [0.5, 0.6) is 0 Å². The Morgan fingerprint density at radius 1 is 1.26 bits per heavy atom. The molecule has 0 bridgehead atoms. The molecule has 0 saturated carbocycles. The Balaban J connectivity index is 1.96. The van der Waals surface area contributed by atoms with Crippen LogP contribution in [0.4, 0.5) is 10.1 Å². The Bertz CT molecular complexity index is 570. The lowest BCUT2D eigenvalue weighted by Gasteiger charge is -2.08. The van der Waals surface area contributed by atoms with E-state index in [1.54, 1.807) is 24.3 Å². The molecule has 2 N–H and O–H groups in total. The Labute approximate surface area is 109 Å². The van der Waals surface area contributed by atoms with Gasteiger partial charge in [-0.1, -0.05) is 12.1 Å². The first-order chi connectivity index (χ1) is 9.16. The fourth-order valence-corrected chi connectivity index (χ4v) is 1.71. The van der Waals surface area contributed by atoms with Crippen LogP contribution in [0, 0.1) is 5.82 Å². The van der Waals surface area contributed by atoms with Crippen molar-refractivity contribution in [1.82, 2.24) is 4.98 Å². The first-order valence-electron chi connectivity index (χ1n) is 5.83. The number of pyridine rings is 1. The molecule has 0 spiro atoms. The number of nitrogens with zero attached hydrogens (tertiary/aromatic N) is 1. The number of aromatic carboxylic acids is 1. The Hall–Kier alpha value is -2.43. The third-order valence-electron chi connectivity index (χ3n) is 2.65. The van der Waals surface area contributed by atoms with Gasteiger partial charge < -0.3 is 10.4 Å². The van der Waals surface area contributed by atoms with Crippen LogP contribution < -0.4 is 5.32 Å². The number of carbonyl (C=O) groups is 1. The number of rotatable bonds is 5. The van der Waals surface area contributed by atoms with E-state index in [9.17, 15) is 9.18 Å². The predicted molar refractivity (Wildman–Crippen MR) is 69.8 cm³/mol. The van der Waals surface area contributed by atoms with Crippen molar-refractivity contribution in [3.05, 3.63) is 59.7 Å². The van der Waals surface area contributed by atoms with Crippen molar-refractivity contribution >= 4 is 11.7 Å². The molecular formula is C14H13FN2O2. The van der Waals surface area contributed by atoms with Gasteiger partial charge in [0.1, 0.15) is 5.82 Å². The highest BCUT2D eigenvalue weighted by Crippen LogP contribution is 2.12. The van der Waals surface area contributed by atoms with Gasteiger partial charge in [-0.25, -0.2) is 14.2 Å². The van der Waals surface area contributed by atoms with Crippen molar-refractivity contribution in [2.45, 2.75) is 6.42 Å². The SMILES string of the molecule is O=C(O)c1ncccc1NCCc1ccc(F)cc1.